The average molecular weight is 460 g/mol. The van der Waals surface area contributed by atoms with Crippen molar-refractivity contribution in [3.05, 3.63) is 63.4 Å². The van der Waals surface area contributed by atoms with E-state index in [2.05, 4.69) is 14.9 Å². The average Bonchev–Trinajstić information content (AvgIpc) is 3.09. The molecule has 0 fully saturated rings. The van der Waals surface area contributed by atoms with Gasteiger partial charge < -0.3 is 5.21 Å². The van der Waals surface area contributed by atoms with Crippen LogP contribution in [-0.2, 0) is 22.9 Å². The van der Waals surface area contributed by atoms with Gasteiger partial charge in [-0.25, -0.2) is 26.3 Å². The van der Waals surface area contributed by atoms with E-state index in [4.69, 9.17) is 11.6 Å². The van der Waals surface area contributed by atoms with Crippen LogP contribution in [0.1, 0.15) is 23.1 Å². The summed E-state index contributed by atoms with van der Waals surface area (Å²) in [5.41, 5.74) is 1.25. The molecule has 0 atom stereocenters. The number of hydrogen-bond acceptors (Lipinski definition) is 5. The van der Waals surface area contributed by atoms with Crippen molar-refractivity contribution in [3.8, 4) is 0 Å². The Hall–Kier alpha value is -2.43. The number of nitrogens with one attached hydrogen (secondary N) is 1. The Morgan fingerprint density at radius 1 is 1.27 bits per heavy atom. The predicted octanol–water partition coefficient (Wildman–Crippen LogP) is 3.75. The first-order chi connectivity index (χ1) is 14.1. The summed E-state index contributed by atoms with van der Waals surface area (Å²) in [6.07, 6.45) is 1.33. The molecule has 1 heterocycles. The minimum absolute atomic E-state index is 0.0149. The number of hydrogen-bond donors (Lipinski definition) is 2. The zero-order valence-corrected chi connectivity index (χ0v) is 17.3. The maximum Gasteiger partial charge on any atom is 0.208 e. The molecule has 0 aliphatic carbocycles. The van der Waals surface area contributed by atoms with Crippen LogP contribution in [-0.4, -0.2) is 37.8 Å². The largest absolute Gasteiger partial charge is 0.411 e. The number of aliphatic imine (C=N–C) groups is 1. The molecule has 0 bridgehead atoms. The Morgan fingerprint density at radius 3 is 2.63 bits per heavy atom. The van der Waals surface area contributed by atoms with E-state index in [1.165, 1.54) is 12.1 Å². The monoisotopic (exact) mass is 459 g/mol. The standard InChI is InChI=1S/C19H17ClF3N3O3S/c1-30(28,29)24-5-4-11-8-13-12(9-16(22)18(23)19(13)25-11)17(26-27)7-10-2-3-15(21)14(20)6-10/h2-3,6,9,24,27H,4-5,7-8H2,1H3/b26-17+. The van der Waals surface area contributed by atoms with Gasteiger partial charge in [0, 0.05) is 30.7 Å². The van der Waals surface area contributed by atoms with Gasteiger partial charge in [-0.1, -0.05) is 22.8 Å². The van der Waals surface area contributed by atoms with Crippen LogP contribution in [0.5, 0.6) is 0 Å². The van der Waals surface area contributed by atoms with E-state index in [1.54, 1.807) is 0 Å². The van der Waals surface area contributed by atoms with Crippen molar-refractivity contribution >= 4 is 38.7 Å². The third-order valence-corrected chi connectivity index (χ3v) is 5.53. The van der Waals surface area contributed by atoms with Crippen molar-refractivity contribution in [1.82, 2.24) is 4.72 Å². The summed E-state index contributed by atoms with van der Waals surface area (Å²) in [4.78, 5) is 4.10. The number of rotatable bonds is 7. The molecule has 0 radical (unpaired) electrons. The van der Waals surface area contributed by atoms with Crippen molar-refractivity contribution in [2.24, 2.45) is 10.1 Å². The lowest BCUT2D eigenvalue weighted by Crippen LogP contribution is -2.24. The van der Waals surface area contributed by atoms with Crippen LogP contribution >= 0.6 is 11.6 Å². The van der Waals surface area contributed by atoms with E-state index in [0.29, 0.717) is 16.8 Å². The molecule has 0 aromatic heterocycles. The summed E-state index contributed by atoms with van der Waals surface area (Å²) in [5, 5.41) is 12.6. The molecule has 2 aromatic rings. The van der Waals surface area contributed by atoms with Crippen LogP contribution in [0.25, 0.3) is 0 Å². The molecule has 0 unspecified atom stereocenters. The topological polar surface area (TPSA) is 91.1 Å². The number of fused-ring (bicyclic) bond motifs is 1. The highest BCUT2D eigenvalue weighted by molar-refractivity contribution is 7.88. The van der Waals surface area contributed by atoms with Crippen LogP contribution in [0.3, 0.4) is 0 Å². The van der Waals surface area contributed by atoms with E-state index >= 15 is 0 Å². The summed E-state index contributed by atoms with van der Waals surface area (Å²) in [7, 11) is -3.39. The van der Waals surface area contributed by atoms with E-state index in [1.807, 2.05) is 0 Å². The minimum atomic E-state index is -3.39. The second kappa shape index (κ2) is 8.75. The molecule has 0 saturated heterocycles. The molecule has 1 aliphatic heterocycles. The van der Waals surface area contributed by atoms with Crippen LogP contribution in [0, 0.1) is 17.5 Å². The zero-order chi connectivity index (χ0) is 22.1. The van der Waals surface area contributed by atoms with Gasteiger partial charge in [-0.2, -0.15) is 0 Å². The second-order valence-corrected chi connectivity index (χ2v) is 9.03. The highest BCUT2D eigenvalue weighted by Crippen LogP contribution is 2.35. The Bertz CT molecular complexity index is 1170. The van der Waals surface area contributed by atoms with Gasteiger partial charge in [0.15, 0.2) is 11.6 Å². The fraction of sp³-hybridized carbons (Fsp3) is 0.263. The maximum absolute atomic E-state index is 14.3. The summed E-state index contributed by atoms with van der Waals surface area (Å²) in [6, 6.07) is 4.85. The molecule has 2 N–H and O–H groups in total. The van der Waals surface area contributed by atoms with Crippen molar-refractivity contribution in [2.45, 2.75) is 19.3 Å². The van der Waals surface area contributed by atoms with Gasteiger partial charge in [-0.3, -0.25) is 4.99 Å². The Morgan fingerprint density at radius 2 is 2.00 bits per heavy atom. The predicted molar refractivity (Wildman–Crippen MR) is 108 cm³/mol. The first-order valence-electron chi connectivity index (χ1n) is 8.76. The number of nitrogens with zero attached hydrogens (tertiary/aromatic N) is 2. The van der Waals surface area contributed by atoms with Gasteiger partial charge in [0.2, 0.25) is 10.0 Å². The summed E-state index contributed by atoms with van der Waals surface area (Å²) in [6.45, 7) is 0.0557. The number of halogens is 4. The van der Waals surface area contributed by atoms with E-state index < -0.39 is 27.5 Å². The first-order valence-corrected chi connectivity index (χ1v) is 11.0. The zero-order valence-electron chi connectivity index (χ0n) is 15.7. The van der Waals surface area contributed by atoms with Crippen LogP contribution in [0.2, 0.25) is 5.02 Å². The Kier molecular flexibility index (Phi) is 6.49. The first kappa shape index (κ1) is 22.3. The van der Waals surface area contributed by atoms with Gasteiger partial charge in [-0.15, -0.1) is 0 Å². The van der Waals surface area contributed by atoms with Crippen LogP contribution < -0.4 is 4.72 Å². The molecule has 3 rings (SSSR count). The summed E-state index contributed by atoms with van der Waals surface area (Å²) in [5.74, 6) is -2.92. The number of sulfonamides is 1. The van der Waals surface area contributed by atoms with Crippen molar-refractivity contribution in [3.63, 3.8) is 0 Å². The third-order valence-electron chi connectivity index (χ3n) is 4.52. The Labute approximate surface area is 176 Å². The minimum Gasteiger partial charge on any atom is -0.411 e. The second-order valence-electron chi connectivity index (χ2n) is 6.79. The van der Waals surface area contributed by atoms with E-state index in [9.17, 15) is 26.8 Å². The fourth-order valence-electron chi connectivity index (χ4n) is 3.16. The van der Waals surface area contributed by atoms with Crippen molar-refractivity contribution in [1.29, 1.82) is 0 Å². The lowest BCUT2D eigenvalue weighted by Gasteiger charge is -2.12. The molecule has 160 valence electrons. The van der Waals surface area contributed by atoms with Gasteiger partial charge in [0.25, 0.3) is 0 Å². The molecular formula is C19H17ClF3N3O3S. The molecule has 11 heteroatoms. The normalized spacial score (nSPS) is 14.0. The van der Waals surface area contributed by atoms with E-state index in [-0.39, 0.29) is 47.8 Å². The number of benzene rings is 2. The maximum atomic E-state index is 14.3. The van der Waals surface area contributed by atoms with Gasteiger partial charge >= 0.3 is 0 Å². The lowest BCUT2D eigenvalue weighted by atomic mass is 9.94. The molecule has 30 heavy (non-hydrogen) atoms. The van der Waals surface area contributed by atoms with Gasteiger partial charge in [0.1, 0.15) is 11.5 Å². The van der Waals surface area contributed by atoms with Crippen molar-refractivity contribution < 1.29 is 26.8 Å². The highest BCUT2D eigenvalue weighted by atomic mass is 35.5. The molecule has 6 nitrogen and oxygen atoms in total. The summed E-state index contributed by atoms with van der Waals surface area (Å²) >= 11 is 5.77. The van der Waals surface area contributed by atoms with Gasteiger partial charge in [-0.05, 0) is 35.7 Å². The van der Waals surface area contributed by atoms with Gasteiger partial charge in [0.05, 0.1) is 17.0 Å². The molecule has 0 saturated carbocycles. The fourth-order valence-corrected chi connectivity index (χ4v) is 3.83. The Balaban J connectivity index is 1.89. The quantitative estimate of drug-likeness (QED) is 0.375. The lowest BCUT2D eigenvalue weighted by molar-refractivity contribution is 0.318. The molecular weight excluding hydrogens is 443 g/mol. The smallest absolute Gasteiger partial charge is 0.208 e. The van der Waals surface area contributed by atoms with E-state index in [0.717, 1.165) is 18.4 Å². The third kappa shape index (κ3) is 5.00. The molecule has 1 aliphatic rings. The number of oxime groups is 1. The molecule has 2 aromatic carbocycles. The molecule has 0 spiro atoms. The van der Waals surface area contributed by atoms with Crippen LogP contribution in [0.4, 0.5) is 18.9 Å². The van der Waals surface area contributed by atoms with Crippen LogP contribution in [0.15, 0.2) is 34.4 Å². The highest BCUT2D eigenvalue weighted by Gasteiger charge is 2.27. The summed E-state index contributed by atoms with van der Waals surface area (Å²) < 4.78 is 66.5. The van der Waals surface area contributed by atoms with Crippen molar-refractivity contribution in [2.75, 3.05) is 12.8 Å². The SMILES string of the molecule is CS(=O)(=O)NCCC1=Nc2c(F)c(F)cc(/C(Cc3ccc(F)c(Cl)c3)=N/O)c2C1. The molecule has 0 amide bonds.